The molecule has 6 heteroatoms. The second-order valence-corrected chi connectivity index (χ2v) is 4.29. The van der Waals surface area contributed by atoms with E-state index in [-0.39, 0.29) is 13.2 Å². The highest BCUT2D eigenvalue weighted by atomic mass is 16.3. The smallest absolute Gasteiger partial charge is 0.237 e. The highest BCUT2D eigenvalue weighted by Gasteiger charge is 2.13. The number of anilines is 1. The molecule has 94 valence electrons. The lowest BCUT2D eigenvalue weighted by molar-refractivity contribution is -0.116. The van der Waals surface area contributed by atoms with Crippen LogP contribution in [-0.2, 0) is 11.4 Å². The standard InChI is InChI=1S/C11H18N4O2/c1-8(2)5-15(6-10(12)17)11-13-3-9(7-16)4-14-11/h3-4,8,16H,5-7H2,1-2H3,(H2,12,17). The minimum absolute atomic E-state index is 0.0939. The van der Waals surface area contributed by atoms with Crippen LogP contribution in [0.25, 0.3) is 0 Å². The summed E-state index contributed by atoms with van der Waals surface area (Å²) in [5.41, 5.74) is 5.82. The zero-order chi connectivity index (χ0) is 12.8. The topological polar surface area (TPSA) is 92.3 Å². The van der Waals surface area contributed by atoms with Gasteiger partial charge in [-0.3, -0.25) is 4.79 Å². The molecule has 0 aromatic carbocycles. The molecule has 0 saturated carbocycles. The zero-order valence-electron chi connectivity index (χ0n) is 10.1. The van der Waals surface area contributed by atoms with E-state index in [2.05, 4.69) is 9.97 Å². The Kier molecular flexibility index (Phi) is 4.84. The molecule has 0 radical (unpaired) electrons. The number of carbonyl (C=O) groups is 1. The van der Waals surface area contributed by atoms with E-state index in [0.717, 1.165) is 0 Å². The minimum Gasteiger partial charge on any atom is -0.392 e. The van der Waals surface area contributed by atoms with E-state index >= 15 is 0 Å². The van der Waals surface area contributed by atoms with Gasteiger partial charge in [0.15, 0.2) is 0 Å². The van der Waals surface area contributed by atoms with Gasteiger partial charge in [0.2, 0.25) is 11.9 Å². The quantitative estimate of drug-likeness (QED) is 0.723. The molecule has 3 N–H and O–H groups in total. The van der Waals surface area contributed by atoms with Gasteiger partial charge in [-0.25, -0.2) is 9.97 Å². The molecule has 1 rings (SSSR count). The summed E-state index contributed by atoms with van der Waals surface area (Å²) in [6, 6.07) is 0. The molecule has 1 aromatic heterocycles. The number of amides is 1. The Bertz CT molecular complexity index is 364. The third-order valence-corrected chi connectivity index (χ3v) is 2.09. The molecule has 6 nitrogen and oxygen atoms in total. The molecule has 0 unspecified atom stereocenters. The Balaban J connectivity index is 2.83. The molecule has 0 atom stereocenters. The van der Waals surface area contributed by atoms with Gasteiger partial charge < -0.3 is 15.7 Å². The first-order valence-corrected chi connectivity index (χ1v) is 5.48. The van der Waals surface area contributed by atoms with Gasteiger partial charge in [0.1, 0.15) is 0 Å². The van der Waals surface area contributed by atoms with Gasteiger partial charge in [-0.15, -0.1) is 0 Å². The first kappa shape index (κ1) is 13.4. The molecular formula is C11H18N4O2. The fraction of sp³-hybridized carbons (Fsp3) is 0.545. The number of hydrogen-bond donors (Lipinski definition) is 2. The number of carbonyl (C=O) groups excluding carboxylic acids is 1. The highest BCUT2D eigenvalue weighted by Crippen LogP contribution is 2.09. The number of aliphatic hydroxyl groups is 1. The normalized spacial score (nSPS) is 10.6. The van der Waals surface area contributed by atoms with E-state index in [1.807, 2.05) is 13.8 Å². The number of primary amides is 1. The lowest BCUT2D eigenvalue weighted by Gasteiger charge is -2.22. The molecule has 0 saturated heterocycles. The first-order valence-electron chi connectivity index (χ1n) is 5.48. The Labute approximate surface area is 100 Å². The van der Waals surface area contributed by atoms with Crippen LogP contribution in [0.1, 0.15) is 19.4 Å². The van der Waals surface area contributed by atoms with Crippen molar-refractivity contribution in [1.82, 2.24) is 9.97 Å². The van der Waals surface area contributed by atoms with Gasteiger partial charge in [-0.2, -0.15) is 0 Å². The van der Waals surface area contributed by atoms with Crippen LogP contribution >= 0.6 is 0 Å². The monoisotopic (exact) mass is 238 g/mol. The van der Waals surface area contributed by atoms with Crippen LogP contribution < -0.4 is 10.6 Å². The SMILES string of the molecule is CC(C)CN(CC(N)=O)c1ncc(CO)cn1. The van der Waals surface area contributed by atoms with Crippen LogP contribution in [0.4, 0.5) is 5.95 Å². The van der Waals surface area contributed by atoms with Crippen molar-refractivity contribution in [1.29, 1.82) is 0 Å². The summed E-state index contributed by atoms with van der Waals surface area (Å²) in [5.74, 6) is 0.408. The summed E-state index contributed by atoms with van der Waals surface area (Å²) in [7, 11) is 0. The van der Waals surface area contributed by atoms with Crippen molar-refractivity contribution in [3.63, 3.8) is 0 Å². The molecule has 0 aliphatic carbocycles. The van der Waals surface area contributed by atoms with Crippen molar-refractivity contribution in [3.05, 3.63) is 18.0 Å². The van der Waals surface area contributed by atoms with E-state index in [9.17, 15) is 4.79 Å². The summed E-state index contributed by atoms with van der Waals surface area (Å²) in [4.78, 5) is 20.9. The van der Waals surface area contributed by atoms with Gasteiger partial charge in [-0.05, 0) is 5.92 Å². The van der Waals surface area contributed by atoms with E-state index in [4.69, 9.17) is 10.8 Å². The average molecular weight is 238 g/mol. The lowest BCUT2D eigenvalue weighted by atomic mass is 10.2. The summed E-state index contributed by atoms with van der Waals surface area (Å²) in [6.07, 6.45) is 3.08. The summed E-state index contributed by atoms with van der Waals surface area (Å²) in [5, 5.41) is 8.89. The van der Waals surface area contributed by atoms with E-state index < -0.39 is 5.91 Å². The van der Waals surface area contributed by atoms with Crippen LogP contribution in [0, 0.1) is 5.92 Å². The van der Waals surface area contributed by atoms with Crippen molar-refractivity contribution in [2.75, 3.05) is 18.0 Å². The molecular weight excluding hydrogens is 220 g/mol. The van der Waals surface area contributed by atoms with Crippen LogP contribution in [-0.4, -0.2) is 34.1 Å². The zero-order valence-corrected chi connectivity index (χ0v) is 10.1. The van der Waals surface area contributed by atoms with E-state index in [1.54, 1.807) is 4.90 Å². The van der Waals surface area contributed by atoms with Crippen LogP contribution in [0.2, 0.25) is 0 Å². The average Bonchev–Trinajstić information content (AvgIpc) is 2.27. The fourth-order valence-electron chi connectivity index (χ4n) is 1.44. The minimum atomic E-state index is -0.416. The number of hydrogen-bond acceptors (Lipinski definition) is 5. The van der Waals surface area contributed by atoms with Gasteiger partial charge in [0, 0.05) is 24.5 Å². The van der Waals surface area contributed by atoms with Crippen molar-refractivity contribution in [2.45, 2.75) is 20.5 Å². The van der Waals surface area contributed by atoms with Crippen molar-refractivity contribution >= 4 is 11.9 Å². The van der Waals surface area contributed by atoms with Crippen molar-refractivity contribution < 1.29 is 9.90 Å². The molecule has 1 aromatic rings. The molecule has 0 aliphatic rings. The molecule has 1 heterocycles. The third-order valence-electron chi connectivity index (χ3n) is 2.09. The molecule has 0 bridgehead atoms. The van der Waals surface area contributed by atoms with Gasteiger partial charge in [0.25, 0.3) is 0 Å². The van der Waals surface area contributed by atoms with Crippen LogP contribution in [0.3, 0.4) is 0 Å². The second kappa shape index (κ2) is 6.15. The summed E-state index contributed by atoms with van der Waals surface area (Å²) < 4.78 is 0. The van der Waals surface area contributed by atoms with E-state index in [0.29, 0.717) is 24.0 Å². The Morgan fingerprint density at radius 2 is 2.06 bits per heavy atom. The summed E-state index contributed by atoms with van der Waals surface area (Å²) in [6.45, 7) is 4.73. The Morgan fingerprint density at radius 3 is 2.47 bits per heavy atom. The predicted octanol–water partition coefficient (Wildman–Crippen LogP) is -0.0834. The lowest BCUT2D eigenvalue weighted by Crippen LogP contribution is -2.37. The van der Waals surface area contributed by atoms with Crippen LogP contribution in [0.5, 0.6) is 0 Å². The van der Waals surface area contributed by atoms with Gasteiger partial charge in [-0.1, -0.05) is 13.8 Å². The molecule has 0 spiro atoms. The number of aliphatic hydroxyl groups excluding tert-OH is 1. The number of aromatic nitrogens is 2. The van der Waals surface area contributed by atoms with E-state index in [1.165, 1.54) is 12.4 Å². The Hall–Kier alpha value is -1.69. The third kappa shape index (κ3) is 4.36. The second-order valence-electron chi connectivity index (χ2n) is 4.29. The highest BCUT2D eigenvalue weighted by molar-refractivity contribution is 5.78. The maximum Gasteiger partial charge on any atom is 0.237 e. The Morgan fingerprint density at radius 1 is 1.47 bits per heavy atom. The van der Waals surface area contributed by atoms with Crippen molar-refractivity contribution in [2.24, 2.45) is 11.7 Å². The fourth-order valence-corrected chi connectivity index (χ4v) is 1.44. The molecule has 0 fully saturated rings. The van der Waals surface area contributed by atoms with Gasteiger partial charge in [0.05, 0.1) is 13.2 Å². The molecule has 17 heavy (non-hydrogen) atoms. The largest absolute Gasteiger partial charge is 0.392 e. The number of nitrogens with zero attached hydrogens (tertiary/aromatic N) is 3. The van der Waals surface area contributed by atoms with Crippen LogP contribution in [0.15, 0.2) is 12.4 Å². The van der Waals surface area contributed by atoms with Crippen molar-refractivity contribution in [3.8, 4) is 0 Å². The van der Waals surface area contributed by atoms with Gasteiger partial charge >= 0.3 is 0 Å². The molecule has 1 amide bonds. The maximum absolute atomic E-state index is 11.0. The predicted molar refractivity (Wildman–Crippen MR) is 64.2 cm³/mol. The first-order chi connectivity index (χ1) is 8.02. The number of rotatable bonds is 6. The number of nitrogens with two attached hydrogens (primary N) is 1. The maximum atomic E-state index is 11.0. The summed E-state index contributed by atoms with van der Waals surface area (Å²) >= 11 is 0. The molecule has 0 aliphatic heterocycles.